The summed E-state index contributed by atoms with van der Waals surface area (Å²) in [6.07, 6.45) is 6.26. The second-order valence-corrected chi connectivity index (χ2v) is 5.31. The Hall–Kier alpha value is -0.890. The first-order valence-electron chi connectivity index (χ1n) is 6.30. The van der Waals surface area contributed by atoms with Gasteiger partial charge in [-0.3, -0.25) is 0 Å². The van der Waals surface area contributed by atoms with E-state index in [1.165, 1.54) is 31.7 Å². The molecule has 0 spiro atoms. The van der Waals surface area contributed by atoms with Crippen LogP contribution in [0.25, 0.3) is 0 Å². The topological polar surface area (TPSA) is 12.0 Å². The van der Waals surface area contributed by atoms with E-state index in [-0.39, 0.29) is 5.82 Å². The summed E-state index contributed by atoms with van der Waals surface area (Å²) >= 11 is 0. The van der Waals surface area contributed by atoms with Crippen molar-refractivity contribution in [3.63, 3.8) is 0 Å². The first kappa shape index (κ1) is 10.3. The van der Waals surface area contributed by atoms with Crippen LogP contribution < -0.4 is 5.32 Å². The number of benzene rings is 1. The predicted molar refractivity (Wildman–Crippen MR) is 62.8 cm³/mol. The van der Waals surface area contributed by atoms with Gasteiger partial charge in [-0.1, -0.05) is 12.1 Å². The quantitative estimate of drug-likeness (QED) is 0.806. The number of hydrogen-bond donors (Lipinski definition) is 1. The van der Waals surface area contributed by atoms with Crippen LogP contribution in [0.4, 0.5) is 4.39 Å². The third-order valence-electron chi connectivity index (χ3n) is 3.98. The van der Waals surface area contributed by atoms with Crippen molar-refractivity contribution in [3.05, 3.63) is 35.6 Å². The van der Waals surface area contributed by atoms with Gasteiger partial charge in [-0.25, -0.2) is 4.39 Å². The summed E-state index contributed by atoms with van der Waals surface area (Å²) in [4.78, 5) is 0. The third kappa shape index (κ3) is 2.12. The van der Waals surface area contributed by atoms with Crippen LogP contribution in [-0.4, -0.2) is 12.1 Å². The van der Waals surface area contributed by atoms with Crippen LogP contribution in [-0.2, 0) is 6.42 Å². The summed E-state index contributed by atoms with van der Waals surface area (Å²) in [5.74, 6) is 0.648. The lowest BCUT2D eigenvalue weighted by molar-refractivity contribution is 0.298. The molecular formula is C14H18FN. The van der Waals surface area contributed by atoms with Crippen molar-refractivity contribution in [1.82, 2.24) is 5.32 Å². The van der Waals surface area contributed by atoms with Crippen LogP contribution >= 0.6 is 0 Å². The van der Waals surface area contributed by atoms with E-state index in [9.17, 15) is 4.39 Å². The zero-order valence-electron chi connectivity index (χ0n) is 9.45. The van der Waals surface area contributed by atoms with E-state index >= 15 is 0 Å². The van der Waals surface area contributed by atoms with Crippen molar-refractivity contribution >= 4 is 0 Å². The minimum Gasteiger partial charge on any atom is -0.311 e. The molecule has 1 nitrogen and oxygen atoms in total. The highest BCUT2D eigenvalue weighted by Crippen LogP contribution is 2.32. The summed E-state index contributed by atoms with van der Waals surface area (Å²) in [6.45, 7) is 0. The van der Waals surface area contributed by atoms with Crippen LogP contribution in [0.2, 0.25) is 0 Å². The van der Waals surface area contributed by atoms with Crippen molar-refractivity contribution in [2.75, 3.05) is 0 Å². The van der Waals surface area contributed by atoms with Crippen molar-refractivity contribution < 1.29 is 4.39 Å². The standard InChI is InChI=1S/C14H18FN/c15-12-3-1-2-10(7-12)6-11-8-13-4-5-14(9-11)16-13/h1-3,7,11,13-14,16H,4-6,8-9H2. The normalized spacial score (nSPS) is 32.9. The summed E-state index contributed by atoms with van der Waals surface area (Å²) in [5, 5.41) is 3.64. The molecule has 2 aliphatic rings. The second kappa shape index (κ2) is 4.17. The largest absolute Gasteiger partial charge is 0.311 e. The number of halogens is 1. The van der Waals surface area contributed by atoms with E-state index in [4.69, 9.17) is 0 Å². The molecule has 2 heterocycles. The minimum absolute atomic E-state index is 0.102. The Morgan fingerprint density at radius 2 is 1.94 bits per heavy atom. The average molecular weight is 219 g/mol. The van der Waals surface area contributed by atoms with E-state index in [0.717, 1.165) is 30.0 Å². The Bertz CT molecular complexity index is 365. The summed E-state index contributed by atoms with van der Waals surface area (Å²) in [6, 6.07) is 8.54. The van der Waals surface area contributed by atoms with E-state index in [0.29, 0.717) is 0 Å². The van der Waals surface area contributed by atoms with Crippen molar-refractivity contribution in [1.29, 1.82) is 0 Å². The Kier molecular flexibility index (Phi) is 2.68. The van der Waals surface area contributed by atoms with Crippen LogP contribution in [0, 0.1) is 11.7 Å². The molecule has 16 heavy (non-hydrogen) atoms. The maximum absolute atomic E-state index is 13.1. The van der Waals surface area contributed by atoms with E-state index in [1.807, 2.05) is 12.1 Å². The van der Waals surface area contributed by atoms with Gasteiger partial charge in [0.1, 0.15) is 5.82 Å². The lowest BCUT2D eigenvalue weighted by atomic mass is 9.87. The molecule has 86 valence electrons. The van der Waals surface area contributed by atoms with Gasteiger partial charge in [0.05, 0.1) is 0 Å². The number of hydrogen-bond acceptors (Lipinski definition) is 1. The van der Waals surface area contributed by atoms with E-state index in [1.54, 1.807) is 6.07 Å². The molecule has 1 N–H and O–H groups in total. The lowest BCUT2D eigenvalue weighted by Gasteiger charge is -2.29. The van der Waals surface area contributed by atoms with Crippen LogP contribution in [0.15, 0.2) is 24.3 Å². The first-order valence-corrected chi connectivity index (χ1v) is 6.30. The number of fused-ring (bicyclic) bond motifs is 2. The molecule has 2 saturated heterocycles. The molecule has 0 aromatic heterocycles. The molecule has 2 heteroatoms. The molecule has 2 fully saturated rings. The fourth-order valence-electron chi connectivity index (χ4n) is 3.34. The highest BCUT2D eigenvalue weighted by Gasteiger charge is 2.33. The molecule has 2 aliphatic heterocycles. The molecular weight excluding hydrogens is 201 g/mol. The zero-order valence-corrected chi connectivity index (χ0v) is 9.45. The molecule has 2 bridgehead atoms. The fraction of sp³-hybridized carbons (Fsp3) is 0.571. The molecule has 1 aromatic carbocycles. The van der Waals surface area contributed by atoms with E-state index < -0.39 is 0 Å². The van der Waals surface area contributed by atoms with Crippen molar-refractivity contribution in [2.24, 2.45) is 5.92 Å². The van der Waals surface area contributed by atoms with Crippen LogP contribution in [0.3, 0.4) is 0 Å². The molecule has 0 aliphatic carbocycles. The van der Waals surface area contributed by atoms with Gasteiger partial charge in [-0.15, -0.1) is 0 Å². The fourth-order valence-corrected chi connectivity index (χ4v) is 3.34. The molecule has 2 unspecified atom stereocenters. The SMILES string of the molecule is Fc1cccc(CC2CC3CCC(C2)N3)c1. The Morgan fingerprint density at radius 1 is 1.19 bits per heavy atom. The smallest absolute Gasteiger partial charge is 0.123 e. The number of rotatable bonds is 2. The number of piperidine rings is 1. The van der Waals surface area contributed by atoms with Gasteiger partial charge in [0.2, 0.25) is 0 Å². The number of nitrogens with one attached hydrogen (secondary N) is 1. The molecule has 1 aromatic rings. The van der Waals surface area contributed by atoms with Crippen LogP contribution in [0.1, 0.15) is 31.2 Å². The van der Waals surface area contributed by atoms with Crippen LogP contribution in [0.5, 0.6) is 0 Å². The van der Waals surface area contributed by atoms with Crippen molar-refractivity contribution in [2.45, 2.75) is 44.2 Å². The van der Waals surface area contributed by atoms with Gasteiger partial charge >= 0.3 is 0 Å². The summed E-state index contributed by atoms with van der Waals surface area (Å²) < 4.78 is 13.1. The van der Waals surface area contributed by atoms with Gasteiger partial charge < -0.3 is 5.32 Å². The van der Waals surface area contributed by atoms with Gasteiger partial charge in [0.15, 0.2) is 0 Å². The second-order valence-electron chi connectivity index (χ2n) is 5.31. The Labute approximate surface area is 96.1 Å². The Morgan fingerprint density at radius 3 is 2.62 bits per heavy atom. The average Bonchev–Trinajstić information content (AvgIpc) is 2.58. The highest BCUT2D eigenvalue weighted by molar-refractivity contribution is 5.17. The van der Waals surface area contributed by atoms with Gasteiger partial charge in [-0.05, 0) is 55.7 Å². The van der Waals surface area contributed by atoms with Gasteiger partial charge in [0, 0.05) is 12.1 Å². The minimum atomic E-state index is -0.102. The Balaban J connectivity index is 1.67. The molecule has 0 radical (unpaired) electrons. The van der Waals surface area contributed by atoms with Gasteiger partial charge in [0.25, 0.3) is 0 Å². The first-order chi connectivity index (χ1) is 7.79. The molecule has 0 saturated carbocycles. The molecule has 0 amide bonds. The van der Waals surface area contributed by atoms with E-state index in [2.05, 4.69) is 5.32 Å². The summed E-state index contributed by atoms with van der Waals surface area (Å²) in [7, 11) is 0. The third-order valence-corrected chi connectivity index (χ3v) is 3.98. The van der Waals surface area contributed by atoms with Gasteiger partial charge in [-0.2, -0.15) is 0 Å². The predicted octanol–water partition coefficient (Wildman–Crippen LogP) is 2.90. The molecule has 3 rings (SSSR count). The summed E-state index contributed by atoms with van der Waals surface area (Å²) in [5.41, 5.74) is 1.16. The highest BCUT2D eigenvalue weighted by atomic mass is 19.1. The van der Waals surface area contributed by atoms with Crippen molar-refractivity contribution in [3.8, 4) is 0 Å². The zero-order chi connectivity index (χ0) is 11.0. The maximum Gasteiger partial charge on any atom is 0.123 e. The lowest BCUT2D eigenvalue weighted by Crippen LogP contribution is -2.38. The molecule has 2 atom stereocenters. The maximum atomic E-state index is 13.1. The monoisotopic (exact) mass is 219 g/mol.